The van der Waals surface area contributed by atoms with Gasteiger partial charge in [-0.1, -0.05) is 103 Å². The minimum absolute atomic E-state index is 1.16. The SMILES string of the molecule is c1ccc(-n2c3ccc(-c4ccc5c(c4)c4ccccc4n5-c4ccc5c(c4)-c4cncc6cccc-5c46)cc3c3c4ccccc4ccc32)cc1. The standard InChI is InChI=1S/C49H29N3/c1-2-11-34(12-3-1)51-46-23-19-32(26-42(46)49-36-13-5-4-9-30(36)17-24-47(49)51)31-18-22-45-41(25-31)38-14-6-7-16-44(38)52(45)35-20-21-37-39-15-8-10-33-28-50-29-43(48(33)39)40(37)27-35/h1-29H. The van der Waals surface area contributed by atoms with E-state index in [1.54, 1.807) is 0 Å². The summed E-state index contributed by atoms with van der Waals surface area (Å²) in [6.07, 6.45) is 4.00. The molecular weight excluding hydrogens is 631 g/mol. The van der Waals surface area contributed by atoms with Gasteiger partial charge in [-0.25, -0.2) is 0 Å². The summed E-state index contributed by atoms with van der Waals surface area (Å²) >= 11 is 0. The van der Waals surface area contributed by atoms with Gasteiger partial charge in [0.1, 0.15) is 0 Å². The van der Waals surface area contributed by atoms with E-state index in [2.05, 4.69) is 178 Å². The molecule has 0 atom stereocenters. The van der Waals surface area contributed by atoms with Crippen molar-refractivity contribution in [1.29, 1.82) is 0 Å². The van der Waals surface area contributed by atoms with Crippen molar-refractivity contribution in [1.82, 2.24) is 14.1 Å². The van der Waals surface area contributed by atoms with Crippen molar-refractivity contribution in [3.63, 3.8) is 0 Å². The van der Waals surface area contributed by atoms with Crippen LogP contribution in [0, 0.1) is 0 Å². The minimum atomic E-state index is 1.16. The van der Waals surface area contributed by atoms with Crippen molar-refractivity contribution in [3.8, 4) is 44.8 Å². The Balaban J connectivity index is 1.07. The largest absolute Gasteiger partial charge is 0.309 e. The molecule has 0 bridgehead atoms. The van der Waals surface area contributed by atoms with Crippen LogP contribution in [0.4, 0.5) is 0 Å². The number of aromatic nitrogens is 3. The highest BCUT2D eigenvalue weighted by molar-refractivity contribution is 6.22. The van der Waals surface area contributed by atoms with Crippen LogP contribution in [0.3, 0.4) is 0 Å². The lowest BCUT2D eigenvalue weighted by Crippen LogP contribution is -1.94. The molecule has 240 valence electrons. The van der Waals surface area contributed by atoms with Gasteiger partial charge in [0.05, 0.1) is 22.1 Å². The number of rotatable bonds is 3. The van der Waals surface area contributed by atoms with Crippen molar-refractivity contribution >= 4 is 65.2 Å². The summed E-state index contributed by atoms with van der Waals surface area (Å²) < 4.78 is 4.83. The normalized spacial score (nSPS) is 12.2. The van der Waals surface area contributed by atoms with Crippen LogP contribution < -0.4 is 0 Å². The molecule has 0 saturated carbocycles. The Hall–Kier alpha value is -6.97. The summed E-state index contributed by atoms with van der Waals surface area (Å²) in [4.78, 5) is 4.61. The van der Waals surface area contributed by atoms with E-state index in [1.165, 1.54) is 104 Å². The molecule has 3 aromatic heterocycles. The van der Waals surface area contributed by atoms with Crippen LogP contribution in [-0.4, -0.2) is 14.1 Å². The van der Waals surface area contributed by atoms with Gasteiger partial charge in [0.2, 0.25) is 0 Å². The van der Waals surface area contributed by atoms with Gasteiger partial charge in [-0.15, -0.1) is 0 Å². The third-order valence-corrected chi connectivity index (χ3v) is 11.3. The highest BCUT2D eigenvalue weighted by Crippen LogP contribution is 2.48. The Morgan fingerprint density at radius 2 is 1.02 bits per heavy atom. The van der Waals surface area contributed by atoms with Gasteiger partial charge >= 0.3 is 0 Å². The van der Waals surface area contributed by atoms with Crippen LogP contribution in [0.1, 0.15) is 0 Å². The first kappa shape index (κ1) is 27.8. The van der Waals surface area contributed by atoms with E-state index in [-0.39, 0.29) is 0 Å². The van der Waals surface area contributed by atoms with E-state index < -0.39 is 0 Å². The summed E-state index contributed by atoms with van der Waals surface area (Å²) in [7, 11) is 0. The number of fused-ring (bicyclic) bond motifs is 11. The van der Waals surface area contributed by atoms with Crippen molar-refractivity contribution in [2.45, 2.75) is 0 Å². The Kier molecular flexibility index (Phi) is 5.50. The van der Waals surface area contributed by atoms with E-state index in [0.29, 0.717) is 0 Å². The van der Waals surface area contributed by atoms with E-state index in [4.69, 9.17) is 0 Å². The molecule has 0 aliphatic heterocycles. The Morgan fingerprint density at radius 1 is 0.327 bits per heavy atom. The summed E-state index contributed by atoms with van der Waals surface area (Å²) in [5, 5.41) is 10.1. The van der Waals surface area contributed by atoms with Gasteiger partial charge in [0.25, 0.3) is 0 Å². The van der Waals surface area contributed by atoms with E-state index in [1.807, 2.05) is 12.4 Å². The third-order valence-electron chi connectivity index (χ3n) is 11.3. The highest BCUT2D eigenvalue weighted by atomic mass is 15.0. The monoisotopic (exact) mass is 659 g/mol. The van der Waals surface area contributed by atoms with Gasteiger partial charge in [-0.3, -0.25) is 4.98 Å². The molecule has 0 fully saturated rings. The molecule has 0 spiro atoms. The van der Waals surface area contributed by atoms with Crippen LogP contribution in [0.15, 0.2) is 176 Å². The fraction of sp³-hybridized carbons (Fsp3) is 0. The molecule has 8 aromatic carbocycles. The first-order valence-corrected chi connectivity index (χ1v) is 17.9. The lowest BCUT2D eigenvalue weighted by molar-refractivity contribution is 1.18. The lowest BCUT2D eigenvalue weighted by Gasteiger charge is -2.11. The van der Waals surface area contributed by atoms with E-state index in [0.717, 1.165) is 5.69 Å². The molecule has 1 aliphatic rings. The van der Waals surface area contributed by atoms with Gasteiger partial charge in [-0.05, 0) is 99.3 Å². The maximum absolute atomic E-state index is 4.61. The lowest BCUT2D eigenvalue weighted by atomic mass is 9.99. The second-order valence-corrected chi connectivity index (χ2v) is 14.0. The maximum Gasteiger partial charge on any atom is 0.0547 e. The Labute approximate surface area is 299 Å². The van der Waals surface area contributed by atoms with Crippen molar-refractivity contribution < 1.29 is 0 Å². The Morgan fingerprint density at radius 3 is 1.90 bits per heavy atom. The van der Waals surface area contributed by atoms with Crippen molar-refractivity contribution in [2.75, 3.05) is 0 Å². The molecule has 11 aromatic rings. The summed E-state index contributed by atoms with van der Waals surface area (Å²) in [6.45, 7) is 0. The zero-order valence-electron chi connectivity index (χ0n) is 28.1. The average molecular weight is 660 g/mol. The summed E-state index contributed by atoms with van der Waals surface area (Å²) in [6, 6.07) is 60.2. The number of benzene rings is 8. The molecule has 3 heterocycles. The fourth-order valence-electron chi connectivity index (χ4n) is 9.05. The zero-order valence-corrected chi connectivity index (χ0v) is 28.1. The smallest absolute Gasteiger partial charge is 0.0547 e. The molecule has 0 amide bonds. The van der Waals surface area contributed by atoms with Crippen molar-refractivity contribution in [2.24, 2.45) is 0 Å². The molecular formula is C49H29N3. The number of para-hydroxylation sites is 2. The van der Waals surface area contributed by atoms with E-state index >= 15 is 0 Å². The zero-order chi connectivity index (χ0) is 33.9. The van der Waals surface area contributed by atoms with Crippen molar-refractivity contribution in [3.05, 3.63) is 176 Å². The number of pyridine rings is 1. The molecule has 1 aliphatic carbocycles. The second-order valence-electron chi connectivity index (χ2n) is 14.0. The van der Waals surface area contributed by atoms with Gasteiger partial charge in [0, 0.05) is 61.6 Å². The second kappa shape index (κ2) is 10.3. The van der Waals surface area contributed by atoms with Crippen LogP contribution >= 0.6 is 0 Å². The molecule has 12 rings (SSSR count). The van der Waals surface area contributed by atoms with Crippen LogP contribution in [0.25, 0.3) is 110 Å². The molecule has 3 heteroatoms. The first-order valence-electron chi connectivity index (χ1n) is 17.9. The maximum atomic E-state index is 4.61. The average Bonchev–Trinajstić information content (AvgIpc) is 3.84. The number of hydrogen-bond acceptors (Lipinski definition) is 1. The van der Waals surface area contributed by atoms with Gasteiger partial charge in [0.15, 0.2) is 0 Å². The van der Waals surface area contributed by atoms with Crippen LogP contribution in [0.2, 0.25) is 0 Å². The summed E-state index contributed by atoms with van der Waals surface area (Å²) in [5.74, 6) is 0. The third kappa shape index (κ3) is 3.72. The molecule has 0 radical (unpaired) electrons. The molecule has 3 nitrogen and oxygen atoms in total. The quantitative estimate of drug-likeness (QED) is 0.185. The fourth-order valence-corrected chi connectivity index (χ4v) is 9.05. The molecule has 52 heavy (non-hydrogen) atoms. The molecule has 0 unspecified atom stereocenters. The topological polar surface area (TPSA) is 22.8 Å². The number of nitrogens with zero attached hydrogens (tertiary/aromatic N) is 3. The van der Waals surface area contributed by atoms with Crippen LogP contribution in [0.5, 0.6) is 0 Å². The summed E-state index contributed by atoms with van der Waals surface area (Å²) in [5.41, 5.74) is 14.6. The first-order chi connectivity index (χ1) is 25.8. The highest BCUT2D eigenvalue weighted by Gasteiger charge is 2.23. The molecule has 0 saturated heterocycles. The molecule has 0 N–H and O–H groups in total. The van der Waals surface area contributed by atoms with Crippen LogP contribution in [-0.2, 0) is 0 Å². The predicted octanol–water partition coefficient (Wildman–Crippen LogP) is 12.9. The minimum Gasteiger partial charge on any atom is -0.309 e. The van der Waals surface area contributed by atoms with E-state index in [9.17, 15) is 0 Å². The van der Waals surface area contributed by atoms with Gasteiger partial charge < -0.3 is 9.13 Å². The predicted molar refractivity (Wildman–Crippen MR) is 218 cm³/mol. The van der Waals surface area contributed by atoms with Gasteiger partial charge in [-0.2, -0.15) is 0 Å². The number of hydrogen-bond donors (Lipinski definition) is 0. The Bertz CT molecular complexity index is 3280.